The molecule has 3 heterocycles. The Morgan fingerprint density at radius 2 is 1.69 bits per heavy atom. The molecule has 210 valence electrons. The van der Waals surface area contributed by atoms with Crippen molar-refractivity contribution < 1.29 is 32.7 Å². The number of nitrogens with one attached hydrogen (secondary N) is 1. The van der Waals surface area contributed by atoms with E-state index in [1.807, 2.05) is 0 Å². The molecule has 10 nitrogen and oxygen atoms in total. The molecule has 2 aliphatic heterocycles. The van der Waals surface area contributed by atoms with Gasteiger partial charge in [0.2, 0.25) is 12.2 Å². The second-order valence-electron chi connectivity index (χ2n) is 10.5. The van der Waals surface area contributed by atoms with Gasteiger partial charge in [-0.15, -0.1) is 0 Å². The van der Waals surface area contributed by atoms with Crippen LogP contribution in [0.15, 0.2) is 29.1 Å². The van der Waals surface area contributed by atoms with Crippen LogP contribution in [0, 0.1) is 11.2 Å². The van der Waals surface area contributed by atoms with Crippen molar-refractivity contribution in [2.24, 2.45) is 5.41 Å². The predicted molar refractivity (Wildman–Crippen MR) is 132 cm³/mol. The summed E-state index contributed by atoms with van der Waals surface area (Å²) in [5.41, 5.74) is -3.40. The topological polar surface area (TPSA) is 125 Å². The average molecular weight is 550 g/mol. The van der Waals surface area contributed by atoms with Crippen LogP contribution in [0.25, 0.3) is 0 Å². The number of aromatic hydroxyl groups is 1. The highest BCUT2D eigenvalue weighted by Crippen LogP contribution is 2.54. The summed E-state index contributed by atoms with van der Waals surface area (Å²) in [5.74, 6) is -4.08. The maximum atomic E-state index is 13.6. The molecule has 0 radical (unpaired) electrons. The molecule has 0 atom stereocenters. The zero-order chi connectivity index (χ0) is 28.7. The van der Waals surface area contributed by atoms with E-state index < -0.39 is 64.3 Å². The van der Waals surface area contributed by atoms with E-state index in [-0.39, 0.29) is 44.6 Å². The molecule has 2 bridgehead atoms. The van der Waals surface area contributed by atoms with Gasteiger partial charge >= 0.3 is 11.8 Å². The second-order valence-corrected chi connectivity index (χ2v) is 10.5. The van der Waals surface area contributed by atoms with Crippen LogP contribution < -0.4 is 10.9 Å². The number of hydrogen-bond donors (Lipinski definition) is 2. The van der Waals surface area contributed by atoms with E-state index >= 15 is 0 Å². The van der Waals surface area contributed by atoms with Crippen molar-refractivity contribution in [2.45, 2.75) is 57.2 Å². The van der Waals surface area contributed by atoms with Crippen LogP contribution in [0.2, 0.25) is 0 Å². The van der Waals surface area contributed by atoms with Crippen molar-refractivity contribution in [1.29, 1.82) is 0 Å². The van der Waals surface area contributed by atoms with E-state index in [1.165, 1.54) is 50.3 Å². The van der Waals surface area contributed by atoms with Crippen molar-refractivity contribution in [3.63, 3.8) is 0 Å². The number of carbonyl (C=O) groups excluding carboxylic acids is 3. The van der Waals surface area contributed by atoms with Crippen molar-refractivity contribution in [3.05, 3.63) is 57.5 Å². The predicted octanol–water partition coefficient (Wildman–Crippen LogP) is 1.99. The molecule has 0 saturated heterocycles. The van der Waals surface area contributed by atoms with E-state index in [1.54, 1.807) is 0 Å². The van der Waals surface area contributed by atoms with Gasteiger partial charge in [0.15, 0.2) is 5.69 Å². The molecule has 1 saturated carbocycles. The lowest BCUT2D eigenvalue weighted by Crippen LogP contribution is -2.54. The molecule has 1 aliphatic carbocycles. The van der Waals surface area contributed by atoms with Crippen LogP contribution >= 0.6 is 0 Å². The number of nitrogens with zero attached hydrogens (tertiary/aromatic N) is 4. The van der Waals surface area contributed by atoms with Crippen LogP contribution in [0.1, 0.15) is 54.0 Å². The van der Waals surface area contributed by atoms with E-state index in [0.717, 1.165) is 9.47 Å². The lowest BCUT2D eigenvalue weighted by molar-refractivity contribution is -0.155. The summed E-state index contributed by atoms with van der Waals surface area (Å²) in [5, 5.41) is 13.2. The van der Waals surface area contributed by atoms with Gasteiger partial charge in [0.1, 0.15) is 17.2 Å². The lowest BCUT2D eigenvalue weighted by Gasteiger charge is -2.46. The molecule has 3 aliphatic rings. The van der Waals surface area contributed by atoms with Crippen molar-refractivity contribution in [3.8, 4) is 5.75 Å². The summed E-state index contributed by atoms with van der Waals surface area (Å²) < 4.78 is 41.5. The highest BCUT2D eigenvalue weighted by atomic mass is 19.3. The highest BCUT2D eigenvalue weighted by Gasteiger charge is 2.55. The molecule has 2 aromatic rings. The molecule has 1 aromatic carbocycles. The third-order valence-electron chi connectivity index (χ3n) is 7.90. The minimum absolute atomic E-state index is 0.0479. The fraction of sp³-hybridized carbons (Fsp3) is 0.500. The standard InChI is InChI=1S/C26H30F3N5O5/c1-32(2)22(38)23(39)33(3)26-10-8-25(9-11-26,12-17(28)29)14-34-21(37)19(35)18(31-24(26)34)20(36)30-13-15-4-6-16(27)7-5-15/h4-7,17,35H,8-14H2,1-3H3,(H,30,36). The van der Waals surface area contributed by atoms with Crippen LogP contribution in [0.3, 0.4) is 0 Å². The fourth-order valence-electron chi connectivity index (χ4n) is 5.59. The number of aromatic nitrogens is 2. The Labute approximate surface area is 222 Å². The van der Waals surface area contributed by atoms with Gasteiger partial charge in [-0.1, -0.05) is 12.1 Å². The largest absolute Gasteiger partial charge is 0.501 e. The third-order valence-corrected chi connectivity index (χ3v) is 7.90. The van der Waals surface area contributed by atoms with Gasteiger partial charge in [0.05, 0.1) is 0 Å². The number of carbonyl (C=O) groups is 3. The lowest BCUT2D eigenvalue weighted by atomic mass is 9.66. The minimum atomic E-state index is -2.65. The van der Waals surface area contributed by atoms with Gasteiger partial charge in [-0.25, -0.2) is 18.2 Å². The number of amides is 3. The van der Waals surface area contributed by atoms with Gasteiger partial charge in [-0.05, 0) is 48.8 Å². The summed E-state index contributed by atoms with van der Waals surface area (Å²) >= 11 is 0. The van der Waals surface area contributed by atoms with Crippen LogP contribution in [-0.4, -0.2) is 69.7 Å². The first kappa shape index (κ1) is 28.1. The normalized spacial score (nSPS) is 21.7. The molecule has 3 amide bonds. The highest BCUT2D eigenvalue weighted by molar-refractivity contribution is 6.34. The number of alkyl halides is 2. The maximum Gasteiger partial charge on any atom is 0.312 e. The second kappa shape index (κ2) is 10.3. The van der Waals surface area contributed by atoms with Gasteiger partial charge in [-0.2, -0.15) is 0 Å². The molecule has 39 heavy (non-hydrogen) atoms. The first-order valence-electron chi connectivity index (χ1n) is 12.4. The zero-order valence-electron chi connectivity index (χ0n) is 21.8. The maximum absolute atomic E-state index is 13.6. The average Bonchev–Trinajstić information content (AvgIpc) is 3.12. The van der Waals surface area contributed by atoms with Gasteiger partial charge in [-0.3, -0.25) is 23.7 Å². The summed E-state index contributed by atoms with van der Waals surface area (Å²) in [6.07, 6.45) is -2.49. The number of likely N-dealkylation sites (N-methyl/N-ethyl adjacent to an activating group) is 2. The molecule has 5 rings (SSSR count). The van der Waals surface area contributed by atoms with Gasteiger partial charge in [0.25, 0.3) is 11.5 Å². The first-order valence-corrected chi connectivity index (χ1v) is 12.4. The minimum Gasteiger partial charge on any atom is -0.501 e. The third kappa shape index (κ3) is 5.09. The van der Waals surface area contributed by atoms with Gasteiger partial charge in [0, 0.05) is 40.7 Å². The van der Waals surface area contributed by atoms with Crippen LogP contribution in [0.5, 0.6) is 5.75 Å². The van der Waals surface area contributed by atoms with E-state index in [9.17, 15) is 37.5 Å². The Morgan fingerprint density at radius 1 is 1.08 bits per heavy atom. The SMILES string of the molecule is CN(C)C(=O)C(=O)N(C)C12CCC(CC(F)F)(CC1)Cn1c2nc(C(=O)NCc2ccc(F)cc2)c(O)c1=O. The molecule has 0 spiro atoms. The smallest absolute Gasteiger partial charge is 0.312 e. The summed E-state index contributed by atoms with van der Waals surface area (Å²) in [4.78, 5) is 58.8. The number of hydrogen-bond acceptors (Lipinski definition) is 6. The van der Waals surface area contributed by atoms with Crippen LogP contribution in [-0.2, 0) is 28.2 Å². The Morgan fingerprint density at radius 3 is 2.26 bits per heavy atom. The van der Waals surface area contributed by atoms with E-state index in [4.69, 9.17) is 0 Å². The molecule has 1 fully saturated rings. The number of rotatable bonds is 6. The van der Waals surface area contributed by atoms with Crippen molar-refractivity contribution >= 4 is 17.7 Å². The quantitative estimate of drug-likeness (QED) is 0.531. The Kier molecular flexibility index (Phi) is 7.46. The van der Waals surface area contributed by atoms with Crippen molar-refractivity contribution in [1.82, 2.24) is 24.7 Å². The monoisotopic (exact) mass is 549 g/mol. The van der Waals surface area contributed by atoms with Gasteiger partial charge < -0.3 is 20.2 Å². The molecular formula is C26H30F3N5O5. The first-order chi connectivity index (χ1) is 18.3. The summed E-state index contributed by atoms with van der Waals surface area (Å²) in [6, 6.07) is 5.33. The molecular weight excluding hydrogens is 519 g/mol. The zero-order valence-corrected chi connectivity index (χ0v) is 21.8. The molecule has 13 heteroatoms. The molecule has 2 N–H and O–H groups in total. The number of fused-ring (bicyclic) bond motifs is 2. The number of benzene rings is 1. The van der Waals surface area contributed by atoms with Crippen LogP contribution in [0.4, 0.5) is 13.2 Å². The Balaban J connectivity index is 1.80. The summed E-state index contributed by atoms with van der Waals surface area (Å²) in [6.45, 7) is -0.244. The Bertz CT molecular complexity index is 1350. The van der Waals surface area contributed by atoms with E-state index in [2.05, 4.69) is 10.3 Å². The summed E-state index contributed by atoms with van der Waals surface area (Å²) in [7, 11) is 4.20. The molecule has 1 aromatic heterocycles. The van der Waals surface area contributed by atoms with E-state index in [0.29, 0.717) is 5.56 Å². The number of halogens is 3. The fourth-order valence-corrected chi connectivity index (χ4v) is 5.59. The van der Waals surface area contributed by atoms with Crippen molar-refractivity contribution in [2.75, 3.05) is 21.1 Å². The Hall–Kier alpha value is -3.90. The molecule has 0 unspecified atom stereocenters.